The molecule has 0 saturated carbocycles. The highest BCUT2D eigenvalue weighted by molar-refractivity contribution is 5.28. The molecule has 1 aromatic rings. The van der Waals surface area contributed by atoms with E-state index in [9.17, 15) is 0 Å². The van der Waals surface area contributed by atoms with Crippen molar-refractivity contribution >= 4 is 0 Å². The molecule has 1 aliphatic rings. The summed E-state index contributed by atoms with van der Waals surface area (Å²) in [7, 11) is 0. The molecule has 2 heteroatoms. The lowest BCUT2D eigenvalue weighted by Gasteiger charge is -2.42. The van der Waals surface area contributed by atoms with Gasteiger partial charge < -0.3 is 10.5 Å². The first kappa shape index (κ1) is 11.6. The third kappa shape index (κ3) is 2.00. The number of benzene rings is 1. The highest BCUT2D eigenvalue weighted by Gasteiger charge is 2.38. The van der Waals surface area contributed by atoms with Gasteiger partial charge in [0.1, 0.15) is 0 Å². The number of rotatable bonds is 3. The SMILES string of the molecule is CC[C@H](N)C1(c2ccccc2)CCOCC1. The molecule has 1 fully saturated rings. The summed E-state index contributed by atoms with van der Waals surface area (Å²) in [4.78, 5) is 0. The van der Waals surface area contributed by atoms with Crippen LogP contribution in [-0.2, 0) is 10.2 Å². The lowest BCUT2D eigenvalue weighted by Crippen LogP contribution is -2.48. The number of nitrogens with two attached hydrogens (primary N) is 1. The average molecular weight is 219 g/mol. The molecule has 88 valence electrons. The molecule has 0 spiro atoms. The molecule has 1 aliphatic heterocycles. The van der Waals surface area contributed by atoms with E-state index >= 15 is 0 Å². The van der Waals surface area contributed by atoms with Crippen LogP contribution in [0.25, 0.3) is 0 Å². The van der Waals surface area contributed by atoms with Crippen molar-refractivity contribution in [1.82, 2.24) is 0 Å². The highest BCUT2D eigenvalue weighted by atomic mass is 16.5. The second-order valence-corrected chi connectivity index (χ2v) is 4.65. The van der Waals surface area contributed by atoms with Gasteiger partial charge in [0.05, 0.1) is 0 Å². The standard InChI is InChI=1S/C14H21NO/c1-2-13(15)14(8-10-16-11-9-14)12-6-4-3-5-7-12/h3-7,13H,2,8-11,15H2,1H3/t13-/m0/s1. The van der Waals surface area contributed by atoms with Crippen molar-refractivity contribution < 1.29 is 4.74 Å². The molecule has 0 aliphatic carbocycles. The number of hydrogen-bond donors (Lipinski definition) is 1. The fraction of sp³-hybridized carbons (Fsp3) is 0.571. The predicted molar refractivity (Wildman–Crippen MR) is 66.4 cm³/mol. The predicted octanol–water partition coefficient (Wildman–Crippen LogP) is 2.47. The molecule has 0 bridgehead atoms. The monoisotopic (exact) mass is 219 g/mol. The Bertz CT molecular complexity index is 317. The van der Waals surface area contributed by atoms with Gasteiger partial charge in [-0.05, 0) is 24.8 Å². The maximum Gasteiger partial charge on any atom is 0.0475 e. The molecule has 2 N–H and O–H groups in total. The minimum atomic E-state index is 0.133. The summed E-state index contributed by atoms with van der Waals surface area (Å²) in [6.45, 7) is 3.84. The highest BCUT2D eigenvalue weighted by Crippen LogP contribution is 2.38. The van der Waals surface area contributed by atoms with Crippen LogP contribution < -0.4 is 5.73 Å². The summed E-state index contributed by atoms with van der Waals surface area (Å²) in [6.07, 6.45) is 3.12. The molecule has 1 atom stereocenters. The van der Waals surface area contributed by atoms with E-state index in [1.54, 1.807) is 0 Å². The number of hydrogen-bond acceptors (Lipinski definition) is 2. The Morgan fingerprint density at radius 1 is 1.25 bits per heavy atom. The van der Waals surface area contributed by atoms with Gasteiger partial charge in [-0.25, -0.2) is 0 Å². The van der Waals surface area contributed by atoms with Crippen LogP contribution in [0.5, 0.6) is 0 Å². The Morgan fingerprint density at radius 3 is 2.44 bits per heavy atom. The fourth-order valence-corrected chi connectivity index (χ4v) is 2.77. The first-order chi connectivity index (χ1) is 7.79. The molecule has 2 rings (SSSR count). The van der Waals surface area contributed by atoms with Crippen molar-refractivity contribution in [3.05, 3.63) is 35.9 Å². The van der Waals surface area contributed by atoms with Gasteiger partial charge in [-0.1, -0.05) is 37.3 Å². The lowest BCUT2D eigenvalue weighted by atomic mass is 9.68. The third-order valence-corrected chi connectivity index (χ3v) is 3.88. The van der Waals surface area contributed by atoms with E-state index in [0.29, 0.717) is 0 Å². The van der Waals surface area contributed by atoms with Crippen LogP contribution >= 0.6 is 0 Å². The first-order valence-corrected chi connectivity index (χ1v) is 6.18. The zero-order valence-corrected chi connectivity index (χ0v) is 9.99. The lowest BCUT2D eigenvalue weighted by molar-refractivity contribution is 0.0395. The first-order valence-electron chi connectivity index (χ1n) is 6.18. The maximum absolute atomic E-state index is 6.36. The molecule has 1 aromatic carbocycles. The van der Waals surface area contributed by atoms with E-state index in [1.165, 1.54) is 5.56 Å². The molecular weight excluding hydrogens is 198 g/mol. The molecule has 2 nitrogen and oxygen atoms in total. The number of ether oxygens (including phenoxy) is 1. The molecule has 1 saturated heterocycles. The summed E-state index contributed by atoms with van der Waals surface area (Å²) in [5, 5.41) is 0. The third-order valence-electron chi connectivity index (χ3n) is 3.88. The molecule has 0 amide bonds. The zero-order chi connectivity index (χ0) is 11.4. The summed E-state index contributed by atoms with van der Waals surface area (Å²) < 4.78 is 5.49. The summed E-state index contributed by atoms with van der Waals surface area (Å²) in [5.74, 6) is 0. The van der Waals surface area contributed by atoms with Crippen molar-refractivity contribution in [2.24, 2.45) is 5.73 Å². The van der Waals surface area contributed by atoms with Gasteiger partial charge in [0.2, 0.25) is 0 Å². The largest absolute Gasteiger partial charge is 0.381 e. The fourth-order valence-electron chi connectivity index (χ4n) is 2.77. The Kier molecular flexibility index (Phi) is 3.62. The zero-order valence-electron chi connectivity index (χ0n) is 9.99. The molecular formula is C14H21NO. The topological polar surface area (TPSA) is 35.2 Å². The average Bonchev–Trinajstić information content (AvgIpc) is 2.39. The van der Waals surface area contributed by atoms with Crippen molar-refractivity contribution in [1.29, 1.82) is 0 Å². The summed E-state index contributed by atoms with van der Waals surface area (Å²) in [6, 6.07) is 10.9. The minimum absolute atomic E-state index is 0.133. The normalized spacial score (nSPS) is 21.6. The Morgan fingerprint density at radius 2 is 1.88 bits per heavy atom. The summed E-state index contributed by atoms with van der Waals surface area (Å²) >= 11 is 0. The van der Waals surface area contributed by atoms with E-state index in [2.05, 4.69) is 37.3 Å². The Balaban J connectivity index is 2.34. The van der Waals surface area contributed by atoms with Crippen LogP contribution in [0.2, 0.25) is 0 Å². The van der Waals surface area contributed by atoms with Gasteiger partial charge >= 0.3 is 0 Å². The van der Waals surface area contributed by atoms with Gasteiger partial charge in [-0.15, -0.1) is 0 Å². The second kappa shape index (κ2) is 4.98. The van der Waals surface area contributed by atoms with Crippen molar-refractivity contribution in [3.8, 4) is 0 Å². The second-order valence-electron chi connectivity index (χ2n) is 4.65. The molecule has 0 aromatic heterocycles. The van der Waals surface area contributed by atoms with Crippen LogP contribution in [0.1, 0.15) is 31.7 Å². The van der Waals surface area contributed by atoms with Gasteiger partial charge in [0.25, 0.3) is 0 Å². The van der Waals surface area contributed by atoms with E-state index in [-0.39, 0.29) is 11.5 Å². The van der Waals surface area contributed by atoms with Crippen LogP contribution in [0, 0.1) is 0 Å². The van der Waals surface area contributed by atoms with Crippen LogP contribution in [-0.4, -0.2) is 19.3 Å². The smallest absolute Gasteiger partial charge is 0.0475 e. The Labute approximate surface area is 97.8 Å². The Hall–Kier alpha value is -0.860. The van der Waals surface area contributed by atoms with E-state index in [1.807, 2.05) is 0 Å². The van der Waals surface area contributed by atoms with Crippen molar-refractivity contribution in [3.63, 3.8) is 0 Å². The molecule has 16 heavy (non-hydrogen) atoms. The van der Waals surface area contributed by atoms with E-state index in [4.69, 9.17) is 10.5 Å². The quantitative estimate of drug-likeness (QED) is 0.847. The van der Waals surface area contributed by atoms with Gasteiger partial charge in [0, 0.05) is 24.7 Å². The van der Waals surface area contributed by atoms with Crippen LogP contribution in [0.4, 0.5) is 0 Å². The molecule has 0 radical (unpaired) electrons. The van der Waals surface area contributed by atoms with Crippen LogP contribution in [0.3, 0.4) is 0 Å². The molecule has 1 heterocycles. The molecule has 0 unspecified atom stereocenters. The minimum Gasteiger partial charge on any atom is -0.381 e. The van der Waals surface area contributed by atoms with Crippen molar-refractivity contribution in [2.75, 3.05) is 13.2 Å². The van der Waals surface area contributed by atoms with Crippen molar-refractivity contribution in [2.45, 2.75) is 37.6 Å². The van der Waals surface area contributed by atoms with Crippen LogP contribution in [0.15, 0.2) is 30.3 Å². The maximum atomic E-state index is 6.36. The van der Waals surface area contributed by atoms with E-state index < -0.39 is 0 Å². The summed E-state index contributed by atoms with van der Waals surface area (Å²) in [5.41, 5.74) is 7.87. The van der Waals surface area contributed by atoms with E-state index in [0.717, 1.165) is 32.5 Å². The van der Waals surface area contributed by atoms with Gasteiger partial charge in [-0.3, -0.25) is 0 Å². The van der Waals surface area contributed by atoms with Gasteiger partial charge in [-0.2, -0.15) is 0 Å². The van der Waals surface area contributed by atoms with Gasteiger partial charge in [0.15, 0.2) is 0 Å².